The van der Waals surface area contributed by atoms with Gasteiger partial charge in [0.05, 0.1) is 17.2 Å². The van der Waals surface area contributed by atoms with Crippen molar-refractivity contribution >= 4 is 35.1 Å². The van der Waals surface area contributed by atoms with Crippen LogP contribution in [0.3, 0.4) is 0 Å². The van der Waals surface area contributed by atoms with Gasteiger partial charge in [-0.1, -0.05) is 37.0 Å². The van der Waals surface area contributed by atoms with Gasteiger partial charge in [0.1, 0.15) is 0 Å². The minimum atomic E-state index is -0.345. The Balaban J connectivity index is 2.77. The number of halogens is 2. The summed E-state index contributed by atoms with van der Waals surface area (Å²) in [5.41, 5.74) is 0.392. The highest BCUT2D eigenvalue weighted by atomic mass is 35.5. The first-order chi connectivity index (χ1) is 8.93. The molecule has 0 aliphatic rings. The van der Waals surface area contributed by atoms with E-state index in [1.807, 2.05) is 13.8 Å². The van der Waals surface area contributed by atoms with Crippen LogP contribution in [0.15, 0.2) is 23.2 Å². The first-order valence-corrected chi connectivity index (χ1v) is 6.54. The van der Waals surface area contributed by atoms with Gasteiger partial charge in [0.15, 0.2) is 0 Å². The van der Waals surface area contributed by atoms with E-state index in [2.05, 4.69) is 10.3 Å². The van der Waals surface area contributed by atoms with Gasteiger partial charge in [-0.3, -0.25) is 10.1 Å². The fraction of sp³-hybridized carbons (Fsp3) is 0.385. The summed E-state index contributed by atoms with van der Waals surface area (Å²) in [6.45, 7) is 4.62. The third-order valence-electron chi connectivity index (χ3n) is 2.20. The number of nitrogens with one attached hydrogen (secondary N) is 1. The van der Waals surface area contributed by atoms with Gasteiger partial charge < -0.3 is 4.74 Å². The molecule has 1 aromatic carbocycles. The molecule has 1 aromatic rings. The predicted molar refractivity (Wildman–Crippen MR) is 78.1 cm³/mol. The summed E-state index contributed by atoms with van der Waals surface area (Å²) in [7, 11) is 1.45. The molecular weight excluding hydrogens is 287 g/mol. The third kappa shape index (κ3) is 5.09. The van der Waals surface area contributed by atoms with E-state index >= 15 is 0 Å². The Hall–Kier alpha value is -1.26. The summed E-state index contributed by atoms with van der Waals surface area (Å²) in [5, 5.41) is 3.30. The molecule has 6 heteroatoms. The molecule has 4 nitrogen and oxygen atoms in total. The van der Waals surface area contributed by atoms with Crippen LogP contribution in [-0.4, -0.2) is 25.6 Å². The van der Waals surface area contributed by atoms with E-state index in [4.69, 9.17) is 27.9 Å². The number of ether oxygens (including phenoxy) is 1. The van der Waals surface area contributed by atoms with Crippen LogP contribution >= 0.6 is 23.2 Å². The predicted octanol–water partition coefficient (Wildman–Crippen LogP) is 3.38. The molecule has 0 atom stereocenters. The van der Waals surface area contributed by atoms with Crippen molar-refractivity contribution < 1.29 is 9.53 Å². The zero-order chi connectivity index (χ0) is 14.4. The van der Waals surface area contributed by atoms with E-state index < -0.39 is 0 Å². The minimum Gasteiger partial charge on any atom is -0.468 e. The highest BCUT2D eigenvalue weighted by Gasteiger charge is 2.11. The summed E-state index contributed by atoms with van der Waals surface area (Å²) in [4.78, 5) is 16.1. The summed E-state index contributed by atoms with van der Waals surface area (Å²) in [6.07, 6.45) is 0. The van der Waals surface area contributed by atoms with Crippen molar-refractivity contribution in [3.05, 3.63) is 33.8 Å². The van der Waals surface area contributed by atoms with Crippen LogP contribution in [0.1, 0.15) is 24.2 Å². The smallest absolute Gasteiger partial charge is 0.291 e. The molecule has 0 saturated carbocycles. The molecule has 0 heterocycles. The van der Waals surface area contributed by atoms with Crippen molar-refractivity contribution in [1.82, 2.24) is 5.32 Å². The maximum Gasteiger partial charge on any atom is 0.291 e. The number of methoxy groups -OCH3 is 1. The van der Waals surface area contributed by atoms with Gasteiger partial charge in [-0.2, -0.15) is 0 Å². The topological polar surface area (TPSA) is 50.7 Å². The second-order valence-electron chi connectivity index (χ2n) is 4.33. The Morgan fingerprint density at radius 3 is 2.58 bits per heavy atom. The molecule has 1 amide bonds. The Morgan fingerprint density at radius 2 is 2.05 bits per heavy atom. The SMILES string of the molecule is COC(=NCC(C)C)NC(=O)c1ccc(Cl)c(Cl)c1. The lowest BCUT2D eigenvalue weighted by Crippen LogP contribution is -2.32. The van der Waals surface area contributed by atoms with Gasteiger partial charge in [0.25, 0.3) is 11.9 Å². The quantitative estimate of drug-likeness (QED) is 0.687. The number of hydrogen-bond donors (Lipinski definition) is 1. The number of rotatable bonds is 3. The maximum atomic E-state index is 11.9. The van der Waals surface area contributed by atoms with E-state index in [1.54, 1.807) is 12.1 Å². The molecule has 0 saturated heterocycles. The molecule has 0 unspecified atom stereocenters. The van der Waals surface area contributed by atoms with Crippen LogP contribution in [-0.2, 0) is 4.74 Å². The van der Waals surface area contributed by atoms with Crippen molar-refractivity contribution in [3.63, 3.8) is 0 Å². The molecule has 0 spiro atoms. The van der Waals surface area contributed by atoms with Crippen LogP contribution < -0.4 is 5.32 Å². The second kappa shape index (κ2) is 7.36. The molecule has 0 radical (unpaired) electrons. The van der Waals surface area contributed by atoms with Crippen molar-refractivity contribution in [2.24, 2.45) is 10.9 Å². The normalized spacial score (nSPS) is 11.6. The van der Waals surface area contributed by atoms with Crippen molar-refractivity contribution in [2.45, 2.75) is 13.8 Å². The highest BCUT2D eigenvalue weighted by Crippen LogP contribution is 2.22. The van der Waals surface area contributed by atoms with Gasteiger partial charge >= 0.3 is 0 Å². The van der Waals surface area contributed by atoms with Crippen LogP contribution in [0.5, 0.6) is 0 Å². The van der Waals surface area contributed by atoms with Crippen LogP contribution in [0.4, 0.5) is 0 Å². The van der Waals surface area contributed by atoms with Gasteiger partial charge in [-0.05, 0) is 24.1 Å². The molecule has 1 rings (SSSR count). The van der Waals surface area contributed by atoms with Gasteiger partial charge in [-0.25, -0.2) is 4.99 Å². The molecule has 19 heavy (non-hydrogen) atoms. The zero-order valence-corrected chi connectivity index (χ0v) is 12.5. The molecule has 0 aliphatic carbocycles. The molecule has 104 valence electrons. The van der Waals surface area contributed by atoms with E-state index in [-0.39, 0.29) is 11.9 Å². The van der Waals surface area contributed by atoms with Gasteiger partial charge in [0.2, 0.25) is 0 Å². The summed E-state index contributed by atoms with van der Waals surface area (Å²) >= 11 is 11.6. The Kier molecular flexibility index (Phi) is 6.12. The van der Waals surface area contributed by atoms with Crippen LogP contribution in [0, 0.1) is 5.92 Å². The summed E-state index contributed by atoms with van der Waals surface area (Å²) in [5.74, 6) is 0.0370. The first kappa shape index (κ1) is 15.8. The average Bonchev–Trinajstić information content (AvgIpc) is 2.37. The number of benzene rings is 1. The summed E-state index contributed by atoms with van der Waals surface area (Å²) < 4.78 is 5.01. The van der Waals surface area contributed by atoms with E-state index in [9.17, 15) is 4.79 Å². The van der Waals surface area contributed by atoms with E-state index in [0.717, 1.165) is 0 Å². The molecule has 0 fully saturated rings. The Bertz CT molecular complexity index is 488. The number of amidine groups is 1. The van der Waals surface area contributed by atoms with Crippen molar-refractivity contribution in [1.29, 1.82) is 0 Å². The zero-order valence-electron chi connectivity index (χ0n) is 11.0. The first-order valence-electron chi connectivity index (χ1n) is 5.79. The van der Waals surface area contributed by atoms with Crippen LogP contribution in [0.2, 0.25) is 10.0 Å². The number of nitrogens with zero attached hydrogens (tertiary/aromatic N) is 1. The van der Waals surface area contributed by atoms with Crippen molar-refractivity contribution in [2.75, 3.05) is 13.7 Å². The number of amides is 1. The maximum absolute atomic E-state index is 11.9. The minimum absolute atomic E-state index is 0.185. The van der Waals surface area contributed by atoms with Crippen molar-refractivity contribution in [3.8, 4) is 0 Å². The fourth-order valence-electron chi connectivity index (χ4n) is 1.23. The van der Waals surface area contributed by atoms with Crippen LogP contribution in [0.25, 0.3) is 0 Å². The molecule has 0 aromatic heterocycles. The Labute approximate surface area is 122 Å². The lowest BCUT2D eigenvalue weighted by atomic mass is 10.2. The molecule has 0 aliphatic heterocycles. The monoisotopic (exact) mass is 302 g/mol. The third-order valence-corrected chi connectivity index (χ3v) is 2.93. The molecule has 0 bridgehead atoms. The lowest BCUT2D eigenvalue weighted by molar-refractivity contribution is 0.0968. The number of carbonyl (C=O) groups is 1. The number of aliphatic imine (C=N–C) groups is 1. The highest BCUT2D eigenvalue weighted by molar-refractivity contribution is 6.42. The molecular formula is C13H16Cl2N2O2. The molecule has 1 N–H and O–H groups in total. The van der Waals surface area contributed by atoms with E-state index in [0.29, 0.717) is 28.1 Å². The Morgan fingerprint density at radius 1 is 1.37 bits per heavy atom. The van der Waals surface area contributed by atoms with Gasteiger partial charge in [0, 0.05) is 12.1 Å². The fourth-order valence-corrected chi connectivity index (χ4v) is 1.53. The second-order valence-corrected chi connectivity index (χ2v) is 5.14. The average molecular weight is 303 g/mol. The van der Waals surface area contributed by atoms with E-state index in [1.165, 1.54) is 13.2 Å². The lowest BCUT2D eigenvalue weighted by Gasteiger charge is -2.08. The summed E-state index contributed by atoms with van der Waals surface area (Å²) in [6, 6.07) is 4.83. The largest absolute Gasteiger partial charge is 0.468 e. The standard InChI is InChI=1S/C13H16Cl2N2O2/c1-8(2)7-16-13(19-3)17-12(18)9-4-5-10(14)11(15)6-9/h4-6,8H,7H2,1-3H3,(H,16,17,18). The van der Waals surface area contributed by atoms with Gasteiger partial charge in [-0.15, -0.1) is 0 Å². The number of carbonyl (C=O) groups excluding carboxylic acids is 1. The number of hydrogen-bond acceptors (Lipinski definition) is 3.